The molecule has 0 aromatic carbocycles. The van der Waals surface area contributed by atoms with E-state index in [1.807, 2.05) is 13.0 Å². The topological polar surface area (TPSA) is 29.1 Å². The molecule has 0 radical (unpaired) electrons. The molecule has 0 aliphatic carbocycles. The van der Waals surface area contributed by atoms with Gasteiger partial charge in [-0.3, -0.25) is 4.79 Å². The fourth-order valence-corrected chi connectivity index (χ4v) is 1.36. The lowest BCUT2D eigenvalue weighted by molar-refractivity contribution is -0.122. The molecule has 2 unspecified atom stereocenters. The van der Waals surface area contributed by atoms with E-state index in [2.05, 4.69) is 11.9 Å². The molecule has 2 nitrogen and oxygen atoms in total. The van der Waals surface area contributed by atoms with Gasteiger partial charge in [0.1, 0.15) is 0 Å². The summed E-state index contributed by atoms with van der Waals surface area (Å²) >= 11 is 0. The van der Waals surface area contributed by atoms with Crippen molar-refractivity contribution in [2.24, 2.45) is 5.92 Å². The van der Waals surface area contributed by atoms with Gasteiger partial charge in [-0.05, 0) is 19.8 Å². The van der Waals surface area contributed by atoms with Gasteiger partial charge in [0.05, 0.1) is 0 Å². The highest BCUT2D eigenvalue weighted by Crippen LogP contribution is 2.18. The molecule has 1 rings (SSSR count). The third-order valence-electron chi connectivity index (χ3n) is 1.85. The maximum Gasteiger partial charge on any atom is 0.223 e. The Morgan fingerprint density at radius 2 is 2.60 bits per heavy atom. The molecule has 1 aliphatic heterocycles. The van der Waals surface area contributed by atoms with E-state index < -0.39 is 0 Å². The normalized spacial score (nSPS) is 31.9. The zero-order chi connectivity index (χ0) is 7.56. The van der Waals surface area contributed by atoms with Crippen LogP contribution in [0.15, 0.2) is 12.7 Å². The highest BCUT2D eigenvalue weighted by molar-refractivity contribution is 5.81. The fourth-order valence-electron chi connectivity index (χ4n) is 1.36. The minimum absolute atomic E-state index is 0.187. The van der Waals surface area contributed by atoms with Gasteiger partial charge in [-0.25, -0.2) is 0 Å². The molecule has 0 saturated carbocycles. The van der Waals surface area contributed by atoms with Gasteiger partial charge in [0.2, 0.25) is 5.91 Å². The van der Waals surface area contributed by atoms with E-state index in [0.717, 1.165) is 12.8 Å². The second-order valence-corrected chi connectivity index (χ2v) is 2.87. The molecule has 1 aliphatic rings. The molecule has 0 aromatic rings. The minimum atomic E-state index is 0.187. The van der Waals surface area contributed by atoms with E-state index in [0.29, 0.717) is 6.04 Å². The Labute approximate surface area is 61.3 Å². The van der Waals surface area contributed by atoms with Gasteiger partial charge in [-0.15, -0.1) is 6.58 Å². The summed E-state index contributed by atoms with van der Waals surface area (Å²) in [7, 11) is 0. The van der Waals surface area contributed by atoms with Crippen LogP contribution in [0.4, 0.5) is 0 Å². The third-order valence-corrected chi connectivity index (χ3v) is 1.85. The van der Waals surface area contributed by atoms with Gasteiger partial charge in [-0.1, -0.05) is 6.08 Å². The lowest BCUT2D eigenvalue weighted by Gasteiger charge is -1.99. The highest BCUT2D eigenvalue weighted by Gasteiger charge is 2.27. The van der Waals surface area contributed by atoms with E-state index >= 15 is 0 Å². The van der Waals surface area contributed by atoms with Crippen molar-refractivity contribution in [3.8, 4) is 0 Å². The monoisotopic (exact) mass is 139 g/mol. The van der Waals surface area contributed by atoms with Crippen LogP contribution in [0.25, 0.3) is 0 Å². The standard InChI is InChI=1S/C8H13NO/c1-3-4-7-5-6(2)9-8(7)10/h3,6-7H,1,4-5H2,2H3,(H,9,10). The van der Waals surface area contributed by atoms with Crippen LogP contribution in [-0.2, 0) is 4.79 Å². The molecule has 10 heavy (non-hydrogen) atoms. The Kier molecular flexibility index (Phi) is 2.10. The van der Waals surface area contributed by atoms with Crippen LogP contribution >= 0.6 is 0 Å². The predicted molar refractivity (Wildman–Crippen MR) is 40.5 cm³/mol. The quantitative estimate of drug-likeness (QED) is 0.570. The van der Waals surface area contributed by atoms with Crippen LogP contribution in [0.5, 0.6) is 0 Å². The number of nitrogens with one attached hydrogen (secondary N) is 1. The summed E-state index contributed by atoms with van der Waals surface area (Å²) in [5.41, 5.74) is 0. The number of carbonyl (C=O) groups is 1. The maximum atomic E-state index is 11.0. The lowest BCUT2D eigenvalue weighted by Crippen LogP contribution is -2.23. The molecule has 56 valence electrons. The summed E-state index contributed by atoms with van der Waals surface area (Å²) in [6, 6.07) is 0.359. The number of hydrogen-bond acceptors (Lipinski definition) is 1. The Morgan fingerprint density at radius 1 is 1.90 bits per heavy atom. The first-order valence-corrected chi connectivity index (χ1v) is 3.65. The number of hydrogen-bond donors (Lipinski definition) is 1. The lowest BCUT2D eigenvalue weighted by atomic mass is 10.0. The van der Waals surface area contributed by atoms with E-state index in [-0.39, 0.29) is 11.8 Å². The van der Waals surface area contributed by atoms with Crippen LogP contribution in [0.3, 0.4) is 0 Å². The van der Waals surface area contributed by atoms with Gasteiger partial charge in [0.15, 0.2) is 0 Å². The molecular formula is C8H13NO. The summed E-state index contributed by atoms with van der Waals surface area (Å²) in [6.45, 7) is 5.63. The van der Waals surface area contributed by atoms with Crippen molar-refractivity contribution in [1.82, 2.24) is 5.32 Å². The largest absolute Gasteiger partial charge is 0.353 e. The summed E-state index contributed by atoms with van der Waals surface area (Å²) in [5.74, 6) is 0.375. The molecule has 1 saturated heterocycles. The molecule has 0 spiro atoms. The van der Waals surface area contributed by atoms with Crippen molar-refractivity contribution in [2.75, 3.05) is 0 Å². The molecule has 2 heteroatoms. The summed E-state index contributed by atoms with van der Waals surface area (Å²) in [6.07, 6.45) is 3.59. The molecule has 1 heterocycles. The van der Waals surface area contributed by atoms with Crippen molar-refractivity contribution in [3.63, 3.8) is 0 Å². The molecule has 2 atom stereocenters. The van der Waals surface area contributed by atoms with Crippen molar-refractivity contribution in [3.05, 3.63) is 12.7 Å². The van der Waals surface area contributed by atoms with Crippen LogP contribution < -0.4 is 5.32 Å². The number of rotatable bonds is 2. The number of amides is 1. The van der Waals surface area contributed by atoms with E-state index in [4.69, 9.17) is 0 Å². The smallest absolute Gasteiger partial charge is 0.223 e. The van der Waals surface area contributed by atoms with Gasteiger partial charge in [-0.2, -0.15) is 0 Å². The average molecular weight is 139 g/mol. The fraction of sp³-hybridized carbons (Fsp3) is 0.625. The SMILES string of the molecule is C=CCC1CC(C)NC1=O. The number of carbonyl (C=O) groups excluding carboxylic acids is 1. The second kappa shape index (κ2) is 2.86. The van der Waals surface area contributed by atoms with Gasteiger partial charge in [0, 0.05) is 12.0 Å². The minimum Gasteiger partial charge on any atom is -0.353 e. The van der Waals surface area contributed by atoms with Crippen LogP contribution in [-0.4, -0.2) is 11.9 Å². The van der Waals surface area contributed by atoms with Gasteiger partial charge >= 0.3 is 0 Å². The highest BCUT2D eigenvalue weighted by atomic mass is 16.2. The predicted octanol–water partition coefficient (Wildman–Crippen LogP) is 1.09. The summed E-state index contributed by atoms with van der Waals surface area (Å²) in [4.78, 5) is 11.0. The van der Waals surface area contributed by atoms with Gasteiger partial charge in [0.25, 0.3) is 0 Å². The van der Waals surface area contributed by atoms with Crippen LogP contribution in [0.1, 0.15) is 19.8 Å². The first kappa shape index (κ1) is 7.32. The van der Waals surface area contributed by atoms with Crippen molar-refractivity contribution >= 4 is 5.91 Å². The van der Waals surface area contributed by atoms with Crippen molar-refractivity contribution in [1.29, 1.82) is 0 Å². The van der Waals surface area contributed by atoms with E-state index in [1.165, 1.54) is 0 Å². The Bertz CT molecular complexity index is 153. The molecule has 1 fully saturated rings. The Balaban J connectivity index is 2.46. The molecule has 1 N–H and O–H groups in total. The van der Waals surface area contributed by atoms with Crippen LogP contribution in [0, 0.1) is 5.92 Å². The van der Waals surface area contributed by atoms with Crippen molar-refractivity contribution < 1.29 is 4.79 Å². The number of allylic oxidation sites excluding steroid dienone is 1. The molecular weight excluding hydrogens is 126 g/mol. The van der Waals surface area contributed by atoms with Gasteiger partial charge < -0.3 is 5.32 Å². The van der Waals surface area contributed by atoms with Crippen LogP contribution in [0.2, 0.25) is 0 Å². The summed E-state index contributed by atoms with van der Waals surface area (Å²) in [5, 5.41) is 2.86. The second-order valence-electron chi connectivity index (χ2n) is 2.87. The average Bonchev–Trinajstić information content (AvgIpc) is 2.13. The maximum absolute atomic E-state index is 11.0. The zero-order valence-corrected chi connectivity index (χ0v) is 6.26. The first-order chi connectivity index (χ1) is 4.74. The van der Waals surface area contributed by atoms with E-state index in [9.17, 15) is 4.79 Å². The zero-order valence-electron chi connectivity index (χ0n) is 6.26. The first-order valence-electron chi connectivity index (χ1n) is 3.65. The third kappa shape index (κ3) is 1.38. The van der Waals surface area contributed by atoms with E-state index in [1.54, 1.807) is 0 Å². The van der Waals surface area contributed by atoms with Crippen molar-refractivity contribution in [2.45, 2.75) is 25.8 Å². The molecule has 0 aromatic heterocycles. The molecule has 0 bridgehead atoms. The molecule has 1 amide bonds. The Morgan fingerprint density at radius 3 is 3.00 bits per heavy atom. The Hall–Kier alpha value is -0.790. The summed E-state index contributed by atoms with van der Waals surface area (Å²) < 4.78 is 0.